The highest BCUT2D eigenvalue weighted by atomic mass is 32.2. The number of halogens is 1. The third-order valence-corrected chi connectivity index (χ3v) is 2.91. The summed E-state index contributed by atoms with van der Waals surface area (Å²) in [5.41, 5.74) is 1.34. The van der Waals surface area contributed by atoms with Crippen molar-refractivity contribution in [2.45, 2.75) is 0 Å². The molecule has 0 aliphatic heterocycles. The van der Waals surface area contributed by atoms with Crippen LogP contribution in [0.2, 0.25) is 0 Å². The number of rotatable bonds is 4. The molecule has 0 atom stereocenters. The second-order valence-corrected chi connectivity index (χ2v) is 4.77. The molecule has 0 saturated heterocycles. The van der Waals surface area contributed by atoms with Gasteiger partial charge in [0.1, 0.15) is 5.82 Å². The summed E-state index contributed by atoms with van der Waals surface area (Å²) in [6, 6.07) is 11.0. The molecule has 0 spiro atoms. The topological polar surface area (TPSA) is 87.3 Å². The first kappa shape index (κ1) is 14.8. The van der Waals surface area contributed by atoms with Gasteiger partial charge in [0, 0.05) is 17.1 Å². The maximum atomic E-state index is 12.7. The van der Waals surface area contributed by atoms with E-state index in [4.69, 9.17) is 0 Å². The number of amides is 2. The van der Waals surface area contributed by atoms with Crippen molar-refractivity contribution >= 4 is 34.0 Å². The average Bonchev–Trinajstić information content (AvgIpc) is 2.43. The fraction of sp³-hybridized carbons (Fsp3) is 0. The minimum Gasteiger partial charge on any atom is -0.308 e. The fourth-order valence-corrected chi connectivity index (χ4v) is 1.92. The third kappa shape index (κ3) is 4.77. The van der Waals surface area contributed by atoms with Crippen LogP contribution < -0.4 is 15.4 Å². The Hall–Kier alpha value is -2.61. The molecule has 3 N–H and O–H groups in total. The number of anilines is 3. The van der Waals surface area contributed by atoms with Crippen molar-refractivity contribution in [1.29, 1.82) is 0 Å². The molecule has 110 valence electrons. The summed E-state index contributed by atoms with van der Waals surface area (Å²) in [5.74, 6) is -0.388. The minimum absolute atomic E-state index is 0.388. The van der Waals surface area contributed by atoms with E-state index in [1.165, 1.54) is 36.4 Å². The normalized spacial score (nSPS) is 10.2. The Morgan fingerprint density at radius 1 is 0.810 bits per heavy atom. The predicted molar refractivity (Wildman–Crippen MR) is 79.4 cm³/mol. The molecular weight excluding hydrogens is 297 g/mol. The van der Waals surface area contributed by atoms with E-state index >= 15 is 0 Å². The number of carbonyl (C=O) groups excluding carboxylic acids is 1. The first-order valence-electron chi connectivity index (χ1n) is 5.87. The Kier molecular flexibility index (Phi) is 4.72. The summed E-state index contributed by atoms with van der Waals surface area (Å²) in [5, 5.41) is 5.10. The molecule has 0 fully saturated rings. The smallest absolute Gasteiger partial charge is 0.308 e. The third-order valence-electron chi connectivity index (χ3n) is 2.47. The molecule has 2 rings (SSSR count). The van der Waals surface area contributed by atoms with Crippen molar-refractivity contribution in [2.24, 2.45) is 0 Å². The number of nitrogens with one attached hydrogen (secondary N) is 3. The molecule has 2 aromatic rings. The summed E-state index contributed by atoms with van der Waals surface area (Å²) in [6.07, 6.45) is 0. The fourth-order valence-electron chi connectivity index (χ4n) is 1.56. The van der Waals surface area contributed by atoms with Gasteiger partial charge in [-0.1, -0.05) is 0 Å². The van der Waals surface area contributed by atoms with Crippen LogP contribution in [0.4, 0.5) is 26.2 Å². The zero-order chi connectivity index (χ0) is 15.2. The monoisotopic (exact) mass is 309 g/mol. The molecule has 0 saturated carbocycles. The number of benzene rings is 2. The standard InChI is InChI=1S/C13H12FN3O3S/c14-9-1-3-10(4-2-9)15-13(18)16-11-5-7-12(8-6-11)17-21(19)20/h1-8,21H,(H2,15,16,18)(H,17,19,20). The maximum Gasteiger partial charge on any atom is 0.323 e. The van der Waals surface area contributed by atoms with Crippen molar-refractivity contribution in [1.82, 2.24) is 0 Å². The van der Waals surface area contributed by atoms with Crippen molar-refractivity contribution in [3.63, 3.8) is 0 Å². The molecule has 0 radical (unpaired) electrons. The molecule has 6 nitrogen and oxygen atoms in total. The van der Waals surface area contributed by atoms with E-state index in [0.717, 1.165) is 0 Å². The molecule has 0 bridgehead atoms. The van der Waals surface area contributed by atoms with Gasteiger partial charge in [-0.05, 0) is 48.5 Å². The first-order valence-corrected chi connectivity index (χ1v) is 7.05. The number of thiol groups is 1. The van der Waals surface area contributed by atoms with Gasteiger partial charge in [0.15, 0.2) is 0 Å². The van der Waals surface area contributed by atoms with Gasteiger partial charge in [-0.2, -0.15) is 0 Å². The van der Waals surface area contributed by atoms with E-state index in [9.17, 15) is 17.6 Å². The summed E-state index contributed by atoms with van der Waals surface area (Å²) in [6.45, 7) is 0. The van der Waals surface area contributed by atoms with Crippen LogP contribution in [0, 0.1) is 5.82 Å². The van der Waals surface area contributed by atoms with Gasteiger partial charge in [-0.15, -0.1) is 0 Å². The molecule has 0 aliphatic rings. The summed E-state index contributed by atoms with van der Waals surface area (Å²) in [4.78, 5) is 11.7. The highest BCUT2D eigenvalue weighted by Gasteiger charge is 2.03. The maximum absolute atomic E-state index is 12.7. The van der Waals surface area contributed by atoms with Crippen LogP contribution in [0.25, 0.3) is 0 Å². The van der Waals surface area contributed by atoms with E-state index in [-0.39, 0.29) is 5.82 Å². The molecule has 2 amide bonds. The van der Waals surface area contributed by atoms with Gasteiger partial charge < -0.3 is 10.6 Å². The first-order chi connectivity index (χ1) is 10.0. The van der Waals surface area contributed by atoms with Gasteiger partial charge in [-0.3, -0.25) is 4.72 Å². The van der Waals surface area contributed by atoms with Crippen molar-refractivity contribution in [3.8, 4) is 0 Å². The summed E-state index contributed by atoms with van der Waals surface area (Å²) >= 11 is 0. The summed E-state index contributed by atoms with van der Waals surface area (Å²) < 4.78 is 35.9. The molecule has 0 aromatic heterocycles. The molecule has 0 heterocycles. The van der Waals surface area contributed by atoms with Crippen molar-refractivity contribution < 1.29 is 17.6 Å². The molecule has 8 heteroatoms. The average molecular weight is 309 g/mol. The van der Waals surface area contributed by atoms with Crippen LogP contribution in [-0.4, -0.2) is 14.4 Å². The Labute approximate surface area is 122 Å². The Balaban J connectivity index is 1.94. The largest absolute Gasteiger partial charge is 0.323 e. The van der Waals surface area contributed by atoms with Crippen molar-refractivity contribution in [3.05, 3.63) is 54.3 Å². The number of carbonyl (C=O) groups is 1. The lowest BCUT2D eigenvalue weighted by Gasteiger charge is -2.08. The second kappa shape index (κ2) is 6.71. The predicted octanol–water partition coefficient (Wildman–Crippen LogP) is 2.41. The van der Waals surface area contributed by atoms with Gasteiger partial charge >= 0.3 is 6.03 Å². The van der Waals surface area contributed by atoms with Crippen LogP contribution in [0.1, 0.15) is 0 Å². The van der Waals surface area contributed by atoms with Crippen LogP contribution in [0.5, 0.6) is 0 Å². The zero-order valence-corrected chi connectivity index (χ0v) is 11.6. The van der Waals surface area contributed by atoms with Gasteiger partial charge in [0.25, 0.3) is 0 Å². The van der Waals surface area contributed by atoms with Crippen LogP contribution in [-0.2, 0) is 10.9 Å². The summed E-state index contributed by atoms with van der Waals surface area (Å²) in [7, 11) is -2.72. The van der Waals surface area contributed by atoms with Gasteiger partial charge in [0.05, 0.1) is 0 Å². The highest BCUT2D eigenvalue weighted by molar-refractivity contribution is 7.73. The SMILES string of the molecule is O=C(Nc1ccc(F)cc1)Nc1ccc(N[SH](=O)=O)cc1. The Morgan fingerprint density at radius 3 is 1.71 bits per heavy atom. The quantitative estimate of drug-likeness (QED) is 0.654. The molecule has 0 unspecified atom stereocenters. The Morgan fingerprint density at radius 2 is 1.24 bits per heavy atom. The minimum atomic E-state index is -2.72. The molecule has 2 aromatic carbocycles. The van der Waals surface area contributed by atoms with Crippen LogP contribution in [0.3, 0.4) is 0 Å². The second-order valence-electron chi connectivity index (χ2n) is 4.03. The molecule has 0 aliphatic carbocycles. The van der Waals surface area contributed by atoms with E-state index in [1.54, 1.807) is 12.1 Å². The highest BCUT2D eigenvalue weighted by Crippen LogP contribution is 2.14. The lowest BCUT2D eigenvalue weighted by molar-refractivity contribution is 0.262. The van der Waals surface area contributed by atoms with Crippen molar-refractivity contribution in [2.75, 3.05) is 15.4 Å². The number of urea groups is 1. The molecular formula is C13H12FN3O3S. The number of hydrogen-bond donors (Lipinski definition) is 4. The zero-order valence-electron chi connectivity index (χ0n) is 10.7. The molecule has 21 heavy (non-hydrogen) atoms. The lowest BCUT2D eigenvalue weighted by Crippen LogP contribution is -2.19. The van der Waals surface area contributed by atoms with Crippen LogP contribution >= 0.6 is 0 Å². The van der Waals surface area contributed by atoms with E-state index < -0.39 is 16.9 Å². The van der Waals surface area contributed by atoms with E-state index in [1.807, 2.05) is 0 Å². The van der Waals surface area contributed by atoms with E-state index in [2.05, 4.69) is 15.4 Å². The van der Waals surface area contributed by atoms with Crippen LogP contribution in [0.15, 0.2) is 48.5 Å². The van der Waals surface area contributed by atoms with Gasteiger partial charge in [0.2, 0.25) is 10.9 Å². The van der Waals surface area contributed by atoms with E-state index in [0.29, 0.717) is 17.1 Å². The van der Waals surface area contributed by atoms with Gasteiger partial charge in [-0.25, -0.2) is 17.6 Å². The Bertz CT molecular complexity index is 692. The lowest BCUT2D eigenvalue weighted by atomic mass is 10.3. The number of hydrogen-bond acceptors (Lipinski definition) is 3.